The van der Waals surface area contributed by atoms with Crippen molar-refractivity contribution >= 4 is 23.4 Å². The predicted molar refractivity (Wildman–Crippen MR) is 84.8 cm³/mol. The van der Waals surface area contributed by atoms with E-state index in [4.69, 9.17) is 12.2 Å². The topological polar surface area (TPSA) is 56.4 Å². The summed E-state index contributed by atoms with van der Waals surface area (Å²) in [7, 11) is 3.91. The fraction of sp³-hybridized carbons (Fsp3) is 0.500. The molecule has 7 heteroatoms. The highest BCUT2D eigenvalue weighted by Gasteiger charge is 2.14. The molecule has 112 valence electrons. The monoisotopic (exact) mass is 304 g/mol. The van der Waals surface area contributed by atoms with Crippen LogP contribution < -0.4 is 0 Å². The van der Waals surface area contributed by atoms with Gasteiger partial charge in [0.1, 0.15) is 5.52 Å². The average Bonchev–Trinajstić information content (AvgIpc) is 3.07. The first-order valence-corrected chi connectivity index (χ1v) is 7.64. The third-order valence-electron chi connectivity index (χ3n) is 3.67. The van der Waals surface area contributed by atoms with Gasteiger partial charge in [-0.2, -0.15) is 10.2 Å². The summed E-state index contributed by atoms with van der Waals surface area (Å²) in [6.07, 6.45) is 4.86. The van der Waals surface area contributed by atoms with Crippen LogP contribution in [0, 0.1) is 4.77 Å². The Hall–Kier alpha value is -1.89. The van der Waals surface area contributed by atoms with Gasteiger partial charge in [0.25, 0.3) is 0 Å². The summed E-state index contributed by atoms with van der Waals surface area (Å²) in [6, 6.07) is 2.04. The zero-order valence-corrected chi connectivity index (χ0v) is 13.4. The van der Waals surface area contributed by atoms with Gasteiger partial charge < -0.3 is 9.55 Å². The Kier molecular flexibility index (Phi) is 3.67. The van der Waals surface area contributed by atoms with Crippen LogP contribution in [0.4, 0.5) is 0 Å². The van der Waals surface area contributed by atoms with Crippen molar-refractivity contribution in [2.75, 3.05) is 0 Å². The number of imidazole rings is 1. The zero-order chi connectivity index (χ0) is 15.0. The maximum atomic E-state index is 5.47. The van der Waals surface area contributed by atoms with E-state index in [9.17, 15) is 0 Å². The molecule has 1 N–H and O–H groups in total. The van der Waals surface area contributed by atoms with Crippen molar-refractivity contribution in [1.82, 2.24) is 29.1 Å². The Balaban J connectivity index is 1.94. The first-order chi connectivity index (χ1) is 10.1. The Morgan fingerprint density at radius 2 is 2.05 bits per heavy atom. The molecule has 3 heterocycles. The maximum absolute atomic E-state index is 5.47. The highest BCUT2D eigenvalue weighted by Crippen LogP contribution is 2.19. The fourth-order valence-electron chi connectivity index (χ4n) is 2.72. The van der Waals surface area contributed by atoms with E-state index in [0.29, 0.717) is 0 Å². The molecule has 0 aromatic carbocycles. The van der Waals surface area contributed by atoms with E-state index >= 15 is 0 Å². The Labute approximate surface area is 128 Å². The fourth-order valence-corrected chi connectivity index (χ4v) is 3.00. The molecule has 0 radical (unpaired) electrons. The molecule has 3 aromatic rings. The molecule has 6 nitrogen and oxygen atoms in total. The highest BCUT2D eigenvalue weighted by atomic mass is 32.1. The number of aryl methyl sites for hydroxylation is 5. The van der Waals surface area contributed by atoms with Gasteiger partial charge in [0.15, 0.2) is 10.4 Å². The number of hydrogen-bond donors (Lipinski definition) is 1. The van der Waals surface area contributed by atoms with Crippen LogP contribution >= 0.6 is 12.2 Å². The maximum Gasteiger partial charge on any atom is 0.179 e. The van der Waals surface area contributed by atoms with E-state index in [1.165, 1.54) is 0 Å². The first kappa shape index (κ1) is 14.1. The summed E-state index contributed by atoms with van der Waals surface area (Å²) in [4.78, 5) is 3.31. The van der Waals surface area contributed by atoms with Gasteiger partial charge in [-0.05, 0) is 24.7 Å². The van der Waals surface area contributed by atoms with Crippen molar-refractivity contribution in [3.8, 4) is 0 Å². The van der Waals surface area contributed by atoms with Crippen LogP contribution in [-0.2, 0) is 33.5 Å². The minimum absolute atomic E-state index is 0.756. The van der Waals surface area contributed by atoms with Crippen molar-refractivity contribution in [3.05, 3.63) is 28.4 Å². The van der Waals surface area contributed by atoms with Crippen LogP contribution in [0.2, 0.25) is 0 Å². The quantitative estimate of drug-likeness (QED) is 0.736. The summed E-state index contributed by atoms with van der Waals surface area (Å²) in [6.45, 7) is 2.97. The van der Waals surface area contributed by atoms with Gasteiger partial charge in [-0.15, -0.1) is 0 Å². The summed E-state index contributed by atoms with van der Waals surface area (Å²) >= 11 is 5.47. The van der Waals surface area contributed by atoms with E-state index in [0.717, 1.165) is 53.1 Å². The van der Waals surface area contributed by atoms with Gasteiger partial charge in [0, 0.05) is 33.3 Å². The van der Waals surface area contributed by atoms with Crippen LogP contribution in [0.3, 0.4) is 0 Å². The lowest BCUT2D eigenvalue weighted by Gasteiger charge is -2.03. The minimum Gasteiger partial charge on any atom is -0.328 e. The van der Waals surface area contributed by atoms with Gasteiger partial charge in [-0.25, -0.2) is 0 Å². The Bertz CT molecular complexity index is 818. The number of H-pyrrole nitrogens is 1. The first-order valence-electron chi connectivity index (χ1n) is 7.23. The third-order valence-corrected chi connectivity index (χ3v) is 3.99. The number of hydrogen-bond acceptors (Lipinski definition) is 3. The number of nitrogens with one attached hydrogen (secondary N) is 1. The second kappa shape index (κ2) is 5.48. The lowest BCUT2D eigenvalue weighted by atomic mass is 10.2. The smallest absolute Gasteiger partial charge is 0.179 e. The van der Waals surface area contributed by atoms with E-state index in [-0.39, 0.29) is 0 Å². The van der Waals surface area contributed by atoms with Crippen molar-refractivity contribution in [2.45, 2.75) is 32.7 Å². The molecule has 0 unspecified atom stereocenters. The van der Waals surface area contributed by atoms with Crippen LogP contribution in [0.1, 0.15) is 24.7 Å². The number of aromatic amines is 1. The molecule has 0 amide bonds. The van der Waals surface area contributed by atoms with Gasteiger partial charge in [-0.3, -0.25) is 9.36 Å². The average molecular weight is 304 g/mol. The summed E-state index contributed by atoms with van der Waals surface area (Å²) in [5.74, 6) is 0. The van der Waals surface area contributed by atoms with E-state index in [2.05, 4.69) is 26.7 Å². The molecular weight excluding hydrogens is 284 g/mol. The molecule has 0 aliphatic heterocycles. The van der Waals surface area contributed by atoms with Crippen molar-refractivity contribution in [3.63, 3.8) is 0 Å². The third kappa shape index (κ3) is 2.53. The molecule has 0 saturated heterocycles. The van der Waals surface area contributed by atoms with Crippen LogP contribution in [-0.4, -0.2) is 29.1 Å². The molecule has 0 aliphatic carbocycles. The highest BCUT2D eigenvalue weighted by molar-refractivity contribution is 7.71. The molecule has 0 atom stereocenters. The summed E-state index contributed by atoms with van der Waals surface area (Å²) in [5, 5.41) is 9.01. The number of rotatable bonds is 5. The molecule has 0 bridgehead atoms. The lowest BCUT2D eigenvalue weighted by Crippen LogP contribution is -2.06. The number of fused-ring (bicyclic) bond motifs is 1. The number of nitrogens with zero attached hydrogens (tertiary/aromatic N) is 5. The van der Waals surface area contributed by atoms with E-state index in [1.54, 1.807) is 0 Å². The van der Waals surface area contributed by atoms with Crippen molar-refractivity contribution in [2.24, 2.45) is 14.1 Å². The van der Waals surface area contributed by atoms with Crippen LogP contribution in [0.5, 0.6) is 0 Å². The second-order valence-electron chi connectivity index (χ2n) is 5.33. The molecule has 0 fully saturated rings. The standard InChI is InChI=1S/C14H20N6S/c1-4-5-11-12-13(19(3)17-11)20(14(21)15-12)9-7-10-6-8-18(2)16-10/h6,8H,4-5,7,9H2,1-3H3,(H,15,21). The molecule has 21 heavy (non-hydrogen) atoms. The minimum atomic E-state index is 0.756. The second-order valence-corrected chi connectivity index (χ2v) is 5.72. The van der Waals surface area contributed by atoms with Gasteiger partial charge >= 0.3 is 0 Å². The van der Waals surface area contributed by atoms with Crippen LogP contribution in [0.15, 0.2) is 12.3 Å². The molecule has 0 saturated carbocycles. The summed E-state index contributed by atoms with van der Waals surface area (Å²) in [5.41, 5.74) is 4.31. The largest absolute Gasteiger partial charge is 0.328 e. The Morgan fingerprint density at radius 1 is 1.24 bits per heavy atom. The molecule has 0 aliphatic rings. The molecule has 3 aromatic heterocycles. The number of aromatic nitrogens is 6. The molecular formula is C14H20N6S. The van der Waals surface area contributed by atoms with Crippen molar-refractivity contribution < 1.29 is 0 Å². The zero-order valence-electron chi connectivity index (χ0n) is 12.6. The van der Waals surface area contributed by atoms with E-state index in [1.807, 2.05) is 35.7 Å². The van der Waals surface area contributed by atoms with Crippen molar-refractivity contribution in [1.29, 1.82) is 0 Å². The Morgan fingerprint density at radius 3 is 2.71 bits per heavy atom. The molecule has 0 spiro atoms. The van der Waals surface area contributed by atoms with Gasteiger partial charge in [0.05, 0.1) is 11.4 Å². The van der Waals surface area contributed by atoms with Gasteiger partial charge in [-0.1, -0.05) is 13.3 Å². The lowest BCUT2D eigenvalue weighted by molar-refractivity contribution is 0.644. The SMILES string of the molecule is CCCc1nn(C)c2c1[nH]c(=S)n2CCc1ccn(C)n1. The predicted octanol–water partition coefficient (Wildman–Crippen LogP) is 2.36. The molecule has 3 rings (SSSR count). The summed E-state index contributed by atoms with van der Waals surface area (Å²) < 4.78 is 6.62. The van der Waals surface area contributed by atoms with Crippen LogP contribution in [0.25, 0.3) is 11.2 Å². The van der Waals surface area contributed by atoms with E-state index < -0.39 is 0 Å². The normalized spacial score (nSPS) is 11.6. The van der Waals surface area contributed by atoms with Gasteiger partial charge in [0.2, 0.25) is 0 Å².